The Balaban J connectivity index is 1.57. The van der Waals surface area contributed by atoms with Crippen LogP contribution >= 0.6 is 0 Å². The van der Waals surface area contributed by atoms with Crippen LogP contribution in [0.4, 0.5) is 5.95 Å². The Labute approximate surface area is 147 Å². The summed E-state index contributed by atoms with van der Waals surface area (Å²) in [6.45, 7) is 4.42. The predicted molar refractivity (Wildman–Crippen MR) is 93.9 cm³/mol. The van der Waals surface area contributed by atoms with E-state index in [4.69, 9.17) is 9.47 Å². The number of amides is 1. The Morgan fingerprint density at radius 3 is 2.32 bits per heavy atom. The van der Waals surface area contributed by atoms with Crippen LogP contribution in [0.15, 0.2) is 42.7 Å². The molecule has 1 saturated heterocycles. The number of nitrogens with zero attached hydrogens (tertiary/aromatic N) is 4. The average Bonchev–Trinajstić information content (AvgIpc) is 2.68. The first-order chi connectivity index (χ1) is 12.2. The van der Waals surface area contributed by atoms with Crippen molar-refractivity contribution in [2.45, 2.75) is 13.0 Å². The highest BCUT2D eigenvalue weighted by atomic mass is 16.5. The van der Waals surface area contributed by atoms with E-state index in [0.29, 0.717) is 43.6 Å². The predicted octanol–water partition coefficient (Wildman–Crippen LogP) is 1.60. The minimum absolute atomic E-state index is 0.0282. The molecular weight excluding hydrogens is 320 g/mol. The van der Waals surface area contributed by atoms with Crippen molar-refractivity contribution in [3.8, 4) is 11.5 Å². The molecule has 25 heavy (non-hydrogen) atoms. The van der Waals surface area contributed by atoms with Gasteiger partial charge in [-0.1, -0.05) is 12.1 Å². The van der Waals surface area contributed by atoms with Crippen molar-refractivity contribution in [1.29, 1.82) is 0 Å². The van der Waals surface area contributed by atoms with E-state index in [1.54, 1.807) is 38.6 Å². The Kier molecular flexibility index (Phi) is 5.33. The molecule has 0 radical (unpaired) electrons. The average molecular weight is 342 g/mol. The number of carbonyl (C=O) groups is 1. The third-order valence-corrected chi connectivity index (χ3v) is 4.15. The molecule has 7 heteroatoms. The highest BCUT2D eigenvalue weighted by Gasteiger charge is 2.27. The third kappa shape index (κ3) is 3.99. The lowest BCUT2D eigenvalue weighted by atomic mass is 10.2. The topological polar surface area (TPSA) is 67.8 Å². The molecule has 2 heterocycles. The summed E-state index contributed by atoms with van der Waals surface area (Å²) in [5.74, 6) is 1.86. The van der Waals surface area contributed by atoms with Crippen molar-refractivity contribution < 1.29 is 14.3 Å². The van der Waals surface area contributed by atoms with E-state index in [0.717, 1.165) is 0 Å². The molecule has 1 atom stereocenters. The molecule has 7 nitrogen and oxygen atoms in total. The summed E-state index contributed by atoms with van der Waals surface area (Å²) in [6, 6.07) is 9.12. The van der Waals surface area contributed by atoms with Crippen molar-refractivity contribution in [2.24, 2.45) is 0 Å². The molecule has 1 unspecified atom stereocenters. The van der Waals surface area contributed by atoms with Crippen LogP contribution in [0.3, 0.4) is 0 Å². The third-order valence-electron chi connectivity index (χ3n) is 4.15. The van der Waals surface area contributed by atoms with Crippen LogP contribution in [0, 0.1) is 0 Å². The summed E-state index contributed by atoms with van der Waals surface area (Å²) in [5, 5.41) is 0. The summed E-state index contributed by atoms with van der Waals surface area (Å²) < 4.78 is 11.1. The molecule has 1 aliphatic heterocycles. The van der Waals surface area contributed by atoms with Gasteiger partial charge in [0, 0.05) is 38.6 Å². The lowest BCUT2D eigenvalue weighted by Gasteiger charge is -2.35. The van der Waals surface area contributed by atoms with Crippen LogP contribution in [0.2, 0.25) is 0 Å². The second-order valence-corrected chi connectivity index (χ2v) is 5.77. The van der Waals surface area contributed by atoms with Gasteiger partial charge in [0.15, 0.2) is 17.6 Å². The van der Waals surface area contributed by atoms with E-state index in [-0.39, 0.29) is 5.91 Å². The van der Waals surface area contributed by atoms with Gasteiger partial charge in [-0.15, -0.1) is 0 Å². The van der Waals surface area contributed by atoms with Gasteiger partial charge in [-0.05, 0) is 25.1 Å². The maximum atomic E-state index is 12.7. The number of para-hydroxylation sites is 2. The number of aromatic nitrogens is 2. The largest absolute Gasteiger partial charge is 0.493 e. The number of carbonyl (C=O) groups excluding carboxylic acids is 1. The van der Waals surface area contributed by atoms with Crippen molar-refractivity contribution in [3.05, 3.63) is 42.7 Å². The Morgan fingerprint density at radius 1 is 1.04 bits per heavy atom. The lowest BCUT2D eigenvalue weighted by molar-refractivity contribution is -0.138. The maximum Gasteiger partial charge on any atom is 0.263 e. The Bertz CT molecular complexity index is 702. The van der Waals surface area contributed by atoms with Crippen LogP contribution in [0.25, 0.3) is 0 Å². The Morgan fingerprint density at radius 2 is 1.68 bits per heavy atom. The first-order valence-electron chi connectivity index (χ1n) is 8.29. The summed E-state index contributed by atoms with van der Waals surface area (Å²) in [7, 11) is 1.58. The van der Waals surface area contributed by atoms with Crippen molar-refractivity contribution >= 4 is 11.9 Å². The molecule has 0 spiro atoms. The van der Waals surface area contributed by atoms with Crippen molar-refractivity contribution in [1.82, 2.24) is 14.9 Å². The summed E-state index contributed by atoms with van der Waals surface area (Å²) in [5.41, 5.74) is 0. The number of rotatable bonds is 5. The molecule has 1 aromatic heterocycles. The fourth-order valence-corrected chi connectivity index (χ4v) is 2.80. The van der Waals surface area contributed by atoms with Gasteiger partial charge in [0.1, 0.15) is 0 Å². The number of methoxy groups -OCH3 is 1. The molecular formula is C18H22N4O3. The fraction of sp³-hybridized carbons (Fsp3) is 0.389. The van der Waals surface area contributed by atoms with E-state index in [9.17, 15) is 4.79 Å². The molecule has 1 aromatic carbocycles. The minimum atomic E-state index is -0.573. The molecule has 2 aromatic rings. The number of ether oxygens (including phenoxy) is 2. The van der Waals surface area contributed by atoms with Gasteiger partial charge >= 0.3 is 0 Å². The fourth-order valence-electron chi connectivity index (χ4n) is 2.80. The monoisotopic (exact) mass is 342 g/mol. The zero-order valence-electron chi connectivity index (χ0n) is 14.5. The Hall–Kier alpha value is -2.83. The number of piperazine rings is 1. The standard InChI is InChI=1S/C18H22N4O3/c1-14(25-16-7-4-3-6-15(16)24-2)17(23)21-10-12-22(13-11-21)18-19-8-5-9-20-18/h3-9,14H,10-13H2,1-2H3. The number of anilines is 1. The van der Waals surface area contributed by atoms with E-state index >= 15 is 0 Å². The normalized spacial score (nSPS) is 15.6. The van der Waals surface area contributed by atoms with E-state index in [2.05, 4.69) is 14.9 Å². The zero-order chi connectivity index (χ0) is 17.6. The number of hydrogen-bond acceptors (Lipinski definition) is 6. The van der Waals surface area contributed by atoms with Crippen LogP contribution in [0.1, 0.15) is 6.92 Å². The van der Waals surface area contributed by atoms with Gasteiger partial charge in [-0.2, -0.15) is 0 Å². The first kappa shape index (κ1) is 17.0. The first-order valence-corrected chi connectivity index (χ1v) is 8.29. The quantitative estimate of drug-likeness (QED) is 0.822. The van der Waals surface area contributed by atoms with E-state index in [1.165, 1.54) is 0 Å². The summed E-state index contributed by atoms with van der Waals surface area (Å²) in [6.07, 6.45) is 2.88. The molecule has 1 amide bonds. The maximum absolute atomic E-state index is 12.7. The van der Waals surface area contributed by atoms with Crippen molar-refractivity contribution in [2.75, 3.05) is 38.2 Å². The van der Waals surface area contributed by atoms with Crippen LogP contribution in [-0.2, 0) is 4.79 Å². The van der Waals surface area contributed by atoms with E-state index in [1.807, 2.05) is 23.1 Å². The van der Waals surface area contributed by atoms with Gasteiger partial charge in [-0.3, -0.25) is 4.79 Å². The van der Waals surface area contributed by atoms with Gasteiger partial charge < -0.3 is 19.3 Å². The zero-order valence-corrected chi connectivity index (χ0v) is 14.5. The smallest absolute Gasteiger partial charge is 0.263 e. The van der Waals surface area contributed by atoms with Gasteiger partial charge in [0.2, 0.25) is 5.95 Å². The molecule has 3 rings (SSSR count). The number of hydrogen-bond donors (Lipinski definition) is 0. The minimum Gasteiger partial charge on any atom is -0.493 e. The van der Waals surface area contributed by atoms with Crippen LogP contribution in [0.5, 0.6) is 11.5 Å². The highest BCUT2D eigenvalue weighted by molar-refractivity contribution is 5.81. The summed E-state index contributed by atoms with van der Waals surface area (Å²) in [4.78, 5) is 25.1. The second-order valence-electron chi connectivity index (χ2n) is 5.77. The highest BCUT2D eigenvalue weighted by Crippen LogP contribution is 2.27. The molecule has 1 aliphatic rings. The molecule has 0 saturated carbocycles. The molecule has 1 fully saturated rings. The van der Waals surface area contributed by atoms with Crippen LogP contribution in [-0.4, -0.2) is 60.2 Å². The summed E-state index contributed by atoms with van der Waals surface area (Å²) >= 11 is 0. The van der Waals surface area contributed by atoms with Gasteiger partial charge in [0.25, 0.3) is 5.91 Å². The van der Waals surface area contributed by atoms with Crippen molar-refractivity contribution in [3.63, 3.8) is 0 Å². The van der Waals surface area contributed by atoms with Gasteiger partial charge in [-0.25, -0.2) is 9.97 Å². The van der Waals surface area contributed by atoms with Gasteiger partial charge in [0.05, 0.1) is 7.11 Å². The second kappa shape index (κ2) is 7.83. The number of benzene rings is 1. The van der Waals surface area contributed by atoms with Crippen LogP contribution < -0.4 is 14.4 Å². The molecule has 0 aliphatic carbocycles. The SMILES string of the molecule is COc1ccccc1OC(C)C(=O)N1CCN(c2ncccn2)CC1. The molecule has 0 bridgehead atoms. The molecule has 0 N–H and O–H groups in total. The lowest BCUT2D eigenvalue weighted by Crippen LogP contribution is -2.52. The molecule has 132 valence electrons. The van der Waals surface area contributed by atoms with E-state index < -0.39 is 6.10 Å².